The molecule has 1 aliphatic heterocycles. The van der Waals surface area contributed by atoms with Crippen molar-refractivity contribution in [1.82, 2.24) is 15.1 Å². The maximum atomic E-state index is 12.1. The molecule has 0 aliphatic carbocycles. The minimum atomic E-state index is 0.122. The second kappa shape index (κ2) is 5.40. The van der Waals surface area contributed by atoms with Crippen LogP contribution >= 0.6 is 0 Å². The van der Waals surface area contributed by atoms with Crippen molar-refractivity contribution in [2.24, 2.45) is 0 Å². The molecular weight excluding hydrogens is 226 g/mol. The Balaban J connectivity index is 2.13. The van der Waals surface area contributed by atoms with Crippen molar-refractivity contribution in [2.75, 3.05) is 33.7 Å². The van der Waals surface area contributed by atoms with Crippen LogP contribution in [0.1, 0.15) is 17.2 Å². The molecule has 1 aliphatic rings. The Hall–Kier alpha value is -1.55. The van der Waals surface area contributed by atoms with Crippen molar-refractivity contribution in [3.8, 4) is 0 Å². The van der Waals surface area contributed by atoms with E-state index < -0.39 is 0 Å². The summed E-state index contributed by atoms with van der Waals surface area (Å²) in [6.07, 6.45) is 0. The number of amides is 2. The lowest BCUT2D eigenvalue weighted by molar-refractivity contribution is 0.196. The molecule has 0 aromatic heterocycles. The lowest BCUT2D eigenvalue weighted by atomic mass is 10.0. The second-order valence-electron chi connectivity index (χ2n) is 4.87. The molecule has 0 bridgehead atoms. The van der Waals surface area contributed by atoms with Crippen LogP contribution in [0.3, 0.4) is 0 Å². The maximum Gasteiger partial charge on any atom is 0.320 e. The normalized spacial score (nSPS) is 19.7. The van der Waals surface area contributed by atoms with Crippen molar-refractivity contribution < 1.29 is 4.79 Å². The predicted molar refractivity (Wildman–Crippen MR) is 72.6 cm³/mol. The highest BCUT2D eigenvalue weighted by atomic mass is 16.2. The topological polar surface area (TPSA) is 35.6 Å². The molecule has 1 atom stereocenters. The van der Waals surface area contributed by atoms with E-state index in [1.165, 1.54) is 11.1 Å². The molecule has 0 saturated carbocycles. The van der Waals surface area contributed by atoms with Crippen LogP contribution in [0.5, 0.6) is 0 Å². The Kier molecular flexibility index (Phi) is 3.87. The monoisotopic (exact) mass is 247 g/mol. The van der Waals surface area contributed by atoms with Gasteiger partial charge in [0.2, 0.25) is 0 Å². The number of aryl methyl sites for hydroxylation is 1. The van der Waals surface area contributed by atoms with Crippen molar-refractivity contribution in [3.05, 3.63) is 35.4 Å². The number of nitrogens with zero attached hydrogens (tertiary/aromatic N) is 2. The fraction of sp³-hybridized carbons (Fsp3) is 0.500. The maximum absolute atomic E-state index is 12.1. The summed E-state index contributed by atoms with van der Waals surface area (Å²) in [5.41, 5.74) is 2.46. The third-order valence-corrected chi connectivity index (χ3v) is 3.49. The van der Waals surface area contributed by atoms with E-state index in [1.54, 1.807) is 0 Å². The standard InChI is InChI=1S/C14H21N3O/c1-11-5-4-6-12(9-11)13-10-17(8-7-15-2)14(18)16(13)3/h4-6,9,13,15H,7-8,10H2,1-3H3. The summed E-state index contributed by atoms with van der Waals surface area (Å²) in [6, 6.07) is 8.70. The summed E-state index contributed by atoms with van der Waals surface area (Å²) < 4.78 is 0. The van der Waals surface area contributed by atoms with Crippen molar-refractivity contribution in [1.29, 1.82) is 0 Å². The first-order chi connectivity index (χ1) is 8.63. The minimum absolute atomic E-state index is 0.122. The molecule has 1 aromatic rings. The molecule has 2 rings (SSSR count). The van der Waals surface area contributed by atoms with Crippen LogP contribution in [-0.2, 0) is 0 Å². The first-order valence-corrected chi connectivity index (χ1v) is 6.36. The molecule has 1 N–H and O–H groups in total. The minimum Gasteiger partial charge on any atom is -0.321 e. The van der Waals surface area contributed by atoms with Gasteiger partial charge in [-0.3, -0.25) is 0 Å². The Morgan fingerprint density at radius 2 is 2.22 bits per heavy atom. The molecule has 1 saturated heterocycles. The number of likely N-dealkylation sites (N-methyl/N-ethyl adjacent to an activating group) is 2. The van der Waals surface area contributed by atoms with E-state index in [-0.39, 0.29) is 12.1 Å². The summed E-state index contributed by atoms with van der Waals surface area (Å²) in [4.78, 5) is 15.8. The highest BCUT2D eigenvalue weighted by molar-refractivity contribution is 5.77. The molecule has 1 fully saturated rings. The van der Waals surface area contributed by atoms with E-state index in [1.807, 2.05) is 23.9 Å². The average Bonchev–Trinajstić information content (AvgIpc) is 2.64. The number of hydrogen-bond acceptors (Lipinski definition) is 2. The van der Waals surface area contributed by atoms with Gasteiger partial charge in [-0.2, -0.15) is 0 Å². The van der Waals surface area contributed by atoms with Gasteiger partial charge in [-0.15, -0.1) is 0 Å². The lowest BCUT2D eigenvalue weighted by Gasteiger charge is -2.18. The van der Waals surface area contributed by atoms with Gasteiger partial charge in [-0.05, 0) is 19.5 Å². The quantitative estimate of drug-likeness (QED) is 0.877. The third kappa shape index (κ3) is 2.48. The van der Waals surface area contributed by atoms with Gasteiger partial charge in [0.25, 0.3) is 0 Å². The lowest BCUT2D eigenvalue weighted by Crippen LogP contribution is -2.34. The molecule has 18 heavy (non-hydrogen) atoms. The highest BCUT2D eigenvalue weighted by Crippen LogP contribution is 2.28. The van der Waals surface area contributed by atoms with Crippen molar-refractivity contribution in [3.63, 3.8) is 0 Å². The number of hydrogen-bond donors (Lipinski definition) is 1. The average molecular weight is 247 g/mol. The summed E-state index contributed by atoms with van der Waals surface area (Å²) in [6.45, 7) is 4.46. The van der Waals surface area contributed by atoms with Gasteiger partial charge < -0.3 is 15.1 Å². The van der Waals surface area contributed by atoms with Crippen LogP contribution in [0.2, 0.25) is 0 Å². The molecule has 0 radical (unpaired) electrons. The first-order valence-electron chi connectivity index (χ1n) is 6.36. The predicted octanol–water partition coefficient (Wildman–Crippen LogP) is 1.62. The summed E-state index contributed by atoms with van der Waals surface area (Å²) >= 11 is 0. The van der Waals surface area contributed by atoms with Gasteiger partial charge in [0, 0.05) is 26.7 Å². The zero-order chi connectivity index (χ0) is 13.1. The van der Waals surface area contributed by atoms with E-state index in [9.17, 15) is 4.79 Å². The van der Waals surface area contributed by atoms with Gasteiger partial charge in [-0.25, -0.2) is 4.79 Å². The zero-order valence-electron chi connectivity index (χ0n) is 11.3. The van der Waals surface area contributed by atoms with Crippen molar-refractivity contribution in [2.45, 2.75) is 13.0 Å². The Bertz CT molecular complexity index is 433. The number of rotatable bonds is 4. The fourth-order valence-corrected chi connectivity index (χ4v) is 2.41. The van der Waals surface area contributed by atoms with Crippen LogP contribution < -0.4 is 5.32 Å². The molecule has 98 valence electrons. The highest BCUT2D eigenvalue weighted by Gasteiger charge is 2.34. The van der Waals surface area contributed by atoms with Gasteiger partial charge in [0.15, 0.2) is 0 Å². The van der Waals surface area contributed by atoms with Gasteiger partial charge in [-0.1, -0.05) is 29.8 Å². The molecule has 4 nitrogen and oxygen atoms in total. The number of carbonyl (C=O) groups excluding carboxylic acids is 1. The van der Waals surface area contributed by atoms with Crippen molar-refractivity contribution >= 4 is 6.03 Å². The molecule has 0 spiro atoms. The molecular formula is C14H21N3O. The Morgan fingerprint density at radius 3 is 2.89 bits per heavy atom. The van der Waals surface area contributed by atoms with E-state index in [0.29, 0.717) is 0 Å². The SMILES string of the molecule is CNCCN1CC(c2cccc(C)c2)N(C)C1=O. The summed E-state index contributed by atoms with van der Waals surface area (Å²) in [5, 5.41) is 3.08. The molecule has 1 unspecified atom stereocenters. The second-order valence-corrected chi connectivity index (χ2v) is 4.87. The van der Waals surface area contributed by atoms with Crippen LogP contribution in [0.15, 0.2) is 24.3 Å². The molecule has 4 heteroatoms. The van der Waals surface area contributed by atoms with E-state index >= 15 is 0 Å². The Labute approximate surface area is 109 Å². The van der Waals surface area contributed by atoms with Gasteiger partial charge >= 0.3 is 6.03 Å². The number of carbonyl (C=O) groups is 1. The molecule has 1 heterocycles. The summed E-state index contributed by atoms with van der Waals surface area (Å²) in [7, 11) is 3.79. The van der Waals surface area contributed by atoms with E-state index in [4.69, 9.17) is 0 Å². The van der Waals surface area contributed by atoms with Gasteiger partial charge in [0.1, 0.15) is 0 Å². The number of benzene rings is 1. The van der Waals surface area contributed by atoms with Crippen LogP contribution in [-0.4, -0.2) is 49.6 Å². The zero-order valence-corrected chi connectivity index (χ0v) is 11.3. The van der Waals surface area contributed by atoms with E-state index in [0.717, 1.165) is 19.6 Å². The third-order valence-electron chi connectivity index (χ3n) is 3.49. The first kappa shape index (κ1) is 12.9. The Morgan fingerprint density at radius 1 is 1.44 bits per heavy atom. The molecule has 1 aromatic carbocycles. The van der Waals surface area contributed by atoms with Crippen LogP contribution in [0.4, 0.5) is 4.79 Å². The van der Waals surface area contributed by atoms with E-state index in [2.05, 4.69) is 36.5 Å². The largest absolute Gasteiger partial charge is 0.321 e. The number of urea groups is 1. The number of nitrogens with one attached hydrogen (secondary N) is 1. The smallest absolute Gasteiger partial charge is 0.320 e. The fourth-order valence-electron chi connectivity index (χ4n) is 2.41. The van der Waals surface area contributed by atoms with Crippen LogP contribution in [0, 0.1) is 6.92 Å². The molecule has 2 amide bonds. The summed E-state index contributed by atoms with van der Waals surface area (Å²) in [5.74, 6) is 0. The van der Waals surface area contributed by atoms with Crippen LogP contribution in [0.25, 0.3) is 0 Å². The van der Waals surface area contributed by atoms with Gasteiger partial charge in [0.05, 0.1) is 6.04 Å².